The van der Waals surface area contributed by atoms with Crippen LogP contribution in [0.1, 0.15) is 19.5 Å². The maximum absolute atomic E-state index is 6.04. The molecule has 112 valence electrons. The van der Waals surface area contributed by atoms with Crippen molar-refractivity contribution in [1.82, 2.24) is 15.5 Å². The highest BCUT2D eigenvalue weighted by Gasteiger charge is 2.09. The Labute approximate surface area is 138 Å². The van der Waals surface area contributed by atoms with Crippen molar-refractivity contribution >= 4 is 34.8 Å². The lowest BCUT2D eigenvalue weighted by Crippen LogP contribution is -2.22. The Morgan fingerprint density at radius 1 is 1.05 bits per heavy atom. The molecule has 1 aromatic carbocycles. The van der Waals surface area contributed by atoms with E-state index >= 15 is 0 Å². The van der Waals surface area contributed by atoms with E-state index in [4.69, 9.17) is 39.5 Å². The Kier molecular flexibility index (Phi) is 5.65. The van der Waals surface area contributed by atoms with Crippen molar-refractivity contribution in [2.75, 3.05) is 0 Å². The third-order valence-corrected chi connectivity index (χ3v) is 3.59. The summed E-state index contributed by atoms with van der Waals surface area (Å²) in [4.78, 5) is 0. The maximum Gasteiger partial charge on any atom is 0.238 e. The summed E-state index contributed by atoms with van der Waals surface area (Å²) in [6.07, 6.45) is 0. The topological polar surface area (TPSA) is 47.0 Å². The maximum atomic E-state index is 6.04. The Morgan fingerprint density at radius 2 is 1.76 bits per heavy atom. The Balaban J connectivity index is 2.08. The molecule has 0 saturated carbocycles. The van der Waals surface area contributed by atoms with E-state index < -0.39 is 0 Å². The third kappa shape index (κ3) is 4.71. The van der Waals surface area contributed by atoms with Crippen molar-refractivity contribution in [2.45, 2.75) is 26.4 Å². The molecule has 0 bridgehead atoms. The highest BCUT2D eigenvalue weighted by atomic mass is 35.5. The number of aromatic nitrogens is 2. The van der Waals surface area contributed by atoms with Gasteiger partial charge in [0.2, 0.25) is 5.88 Å². The van der Waals surface area contributed by atoms with Gasteiger partial charge in [-0.3, -0.25) is 0 Å². The van der Waals surface area contributed by atoms with E-state index in [1.165, 1.54) is 6.07 Å². The predicted octanol–water partition coefficient (Wildman–Crippen LogP) is 4.73. The molecule has 4 nitrogen and oxygen atoms in total. The van der Waals surface area contributed by atoms with Gasteiger partial charge in [-0.15, -0.1) is 5.10 Å². The van der Waals surface area contributed by atoms with Crippen LogP contribution in [-0.2, 0) is 6.54 Å². The first-order chi connectivity index (χ1) is 9.95. The van der Waals surface area contributed by atoms with Crippen molar-refractivity contribution < 1.29 is 4.74 Å². The predicted molar refractivity (Wildman–Crippen MR) is 85.6 cm³/mol. The number of hydrogen-bond donors (Lipinski definition) is 1. The lowest BCUT2D eigenvalue weighted by molar-refractivity contribution is 0.452. The van der Waals surface area contributed by atoms with Crippen molar-refractivity contribution in [3.05, 3.63) is 45.0 Å². The lowest BCUT2D eigenvalue weighted by Gasteiger charge is -2.09. The van der Waals surface area contributed by atoms with Gasteiger partial charge in [-0.1, -0.05) is 48.7 Å². The van der Waals surface area contributed by atoms with E-state index in [2.05, 4.69) is 29.4 Å². The zero-order valence-electron chi connectivity index (χ0n) is 11.5. The minimum atomic E-state index is 0.337. The summed E-state index contributed by atoms with van der Waals surface area (Å²) < 4.78 is 5.56. The van der Waals surface area contributed by atoms with E-state index in [1.54, 1.807) is 12.1 Å². The Morgan fingerprint density at radius 3 is 2.38 bits per heavy atom. The van der Waals surface area contributed by atoms with Gasteiger partial charge >= 0.3 is 0 Å². The summed E-state index contributed by atoms with van der Waals surface area (Å²) in [5.41, 5.74) is 0.830. The highest BCUT2D eigenvalue weighted by molar-refractivity contribution is 6.43. The van der Waals surface area contributed by atoms with Gasteiger partial charge < -0.3 is 10.1 Å². The van der Waals surface area contributed by atoms with Crippen LogP contribution in [0.15, 0.2) is 24.3 Å². The summed E-state index contributed by atoms with van der Waals surface area (Å²) in [6, 6.07) is 7.02. The molecule has 0 radical (unpaired) electrons. The first-order valence-corrected chi connectivity index (χ1v) is 7.47. The van der Waals surface area contributed by atoms with Crippen LogP contribution in [0.3, 0.4) is 0 Å². The SMILES string of the molecule is CC(C)NCc1ccc(Oc2cc(Cl)c(Cl)cc2Cl)nn1. The molecule has 2 rings (SSSR count). The summed E-state index contributed by atoms with van der Waals surface area (Å²) >= 11 is 17.8. The molecule has 0 unspecified atom stereocenters. The molecule has 0 amide bonds. The molecular formula is C14H14Cl3N3O. The zero-order valence-corrected chi connectivity index (χ0v) is 13.8. The van der Waals surface area contributed by atoms with Crippen LogP contribution < -0.4 is 10.1 Å². The average Bonchev–Trinajstić information content (AvgIpc) is 2.44. The van der Waals surface area contributed by atoms with Gasteiger partial charge in [0, 0.05) is 24.7 Å². The summed E-state index contributed by atoms with van der Waals surface area (Å²) in [6.45, 7) is 4.78. The van der Waals surface area contributed by atoms with Crippen molar-refractivity contribution in [3.8, 4) is 11.6 Å². The number of halogens is 3. The quantitative estimate of drug-likeness (QED) is 0.795. The summed E-state index contributed by atoms with van der Waals surface area (Å²) in [7, 11) is 0. The van der Waals surface area contributed by atoms with Crippen LogP contribution in [0, 0.1) is 0 Å². The number of nitrogens with zero attached hydrogens (tertiary/aromatic N) is 2. The van der Waals surface area contributed by atoms with Gasteiger partial charge in [-0.05, 0) is 12.1 Å². The van der Waals surface area contributed by atoms with Crippen LogP contribution in [0.4, 0.5) is 0 Å². The fourth-order valence-electron chi connectivity index (χ4n) is 1.50. The first kappa shape index (κ1) is 16.3. The second kappa shape index (κ2) is 7.27. The second-order valence-electron chi connectivity index (χ2n) is 4.70. The lowest BCUT2D eigenvalue weighted by atomic mass is 10.3. The molecule has 21 heavy (non-hydrogen) atoms. The van der Waals surface area contributed by atoms with Gasteiger partial charge in [0.25, 0.3) is 0 Å². The van der Waals surface area contributed by atoms with Gasteiger partial charge in [0.05, 0.1) is 20.8 Å². The fourth-order valence-corrected chi connectivity index (χ4v) is 2.08. The van der Waals surface area contributed by atoms with Crippen LogP contribution in [0.2, 0.25) is 15.1 Å². The highest BCUT2D eigenvalue weighted by Crippen LogP contribution is 2.35. The standard InChI is InChI=1S/C14H14Cl3N3O/c1-8(2)18-7-9-3-4-14(20-19-9)21-13-6-11(16)10(15)5-12(13)17/h3-6,8,18H,7H2,1-2H3. The molecule has 7 heteroatoms. The van der Waals surface area contributed by atoms with Gasteiger partial charge in [0.1, 0.15) is 5.75 Å². The van der Waals surface area contributed by atoms with Gasteiger partial charge in [-0.25, -0.2) is 0 Å². The Bertz CT molecular complexity index is 618. The molecule has 0 aliphatic carbocycles. The smallest absolute Gasteiger partial charge is 0.238 e. The van der Waals surface area contributed by atoms with Gasteiger partial charge in [-0.2, -0.15) is 5.10 Å². The number of hydrogen-bond acceptors (Lipinski definition) is 4. The fraction of sp³-hybridized carbons (Fsp3) is 0.286. The largest absolute Gasteiger partial charge is 0.436 e. The van der Waals surface area contributed by atoms with E-state index in [0.717, 1.165) is 5.69 Å². The minimum absolute atomic E-state index is 0.337. The molecule has 0 aliphatic rings. The van der Waals surface area contributed by atoms with E-state index in [1.807, 2.05) is 6.07 Å². The van der Waals surface area contributed by atoms with Crippen LogP contribution in [0.5, 0.6) is 11.6 Å². The normalized spacial score (nSPS) is 11.0. The molecule has 0 aliphatic heterocycles. The van der Waals surface area contributed by atoms with Gasteiger partial charge in [0.15, 0.2) is 0 Å². The molecule has 1 heterocycles. The molecule has 2 aromatic rings. The van der Waals surface area contributed by atoms with E-state index in [9.17, 15) is 0 Å². The minimum Gasteiger partial charge on any atom is -0.436 e. The molecule has 1 N–H and O–H groups in total. The third-order valence-electron chi connectivity index (χ3n) is 2.58. The Hall–Kier alpha value is -1.07. The van der Waals surface area contributed by atoms with Crippen LogP contribution in [-0.4, -0.2) is 16.2 Å². The van der Waals surface area contributed by atoms with Crippen molar-refractivity contribution in [1.29, 1.82) is 0 Å². The second-order valence-corrected chi connectivity index (χ2v) is 5.92. The molecule has 0 saturated heterocycles. The number of nitrogens with one attached hydrogen (secondary N) is 1. The number of benzene rings is 1. The summed E-state index contributed by atoms with van der Waals surface area (Å²) in [5.74, 6) is 0.719. The molecule has 0 spiro atoms. The zero-order chi connectivity index (χ0) is 15.4. The van der Waals surface area contributed by atoms with Crippen LogP contribution >= 0.6 is 34.8 Å². The molecule has 0 atom stereocenters. The van der Waals surface area contributed by atoms with E-state index in [0.29, 0.717) is 39.3 Å². The first-order valence-electron chi connectivity index (χ1n) is 6.34. The van der Waals surface area contributed by atoms with Crippen molar-refractivity contribution in [2.24, 2.45) is 0 Å². The van der Waals surface area contributed by atoms with E-state index in [-0.39, 0.29) is 0 Å². The molecule has 1 aromatic heterocycles. The number of ether oxygens (including phenoxy) is 1. The average molecular weight is 347 g/mol. The monoisotopic (exact) mass is 345 g/mol. The summed E-state index contributed by atoms with van der Waals surface area (Å²) in [5, 5.41) is 12.4. The number of rotatable bonds is 5. The van der Waals surface area contributed by atoms with Crippen molar-refractivity contribution in [3.63, 3.8) is 0 Å². The molecular weight excluding hydrogens is 333 g/mol. The van der Waals surface area contributed by atoms with Crippen LogP contribution in [0.25, 0.3) is 0 Å². The molecule has 0 fully saturated rings.